The summed E-state index contributed by atoms with van der Waals surface area (Å²) in [4.78, 5) is 2.14. The molecule has 0 saturated heterocycles. The molecular weight excluding hydrogens is 236 g/mol. The summed E-state index contributed by atoms with van der Waals surface area (Å²) >= 11 is 5.92. The van der Waals surface area contributed by atoms with Gasteiger partial charge in [-0.05, 0) is 11.6 Å². The molecule has 0 unspecified atom stereocenters. The maximum absolute atomic E-state index is 8.68. The van der Waals surface area contributed by atoms with Crippen LogP contribution in [0.5, 0.6) is 0 Å². The van der Waals surface area contributed by atoms with Crippen LogP contribution in [-0.2, 0) is 10.6 Å². The zero-order chi connectivity index (χ0) is 12.5. The molecule has 0 N–H and O–H groups in total. The SMILES string of the molecule is COCCN(CCC#N)c1ccccc1CCl. The van der Waals surface area contributed by atoms with Crippen LogP contribution in [0.3, 0.4) is 0 Å². The number of hydrogen-bond acceptors (Lipinski definition) is 3. The van der Waals surface area contributed by atoms with Gasteiger partial charge in [0, 0.05) is 31.8 Å². The van der Waals surface area contributed by atoms with Crippen LogP contribution < -0.4 is 4.90 Å². The number of rotatable bonds is 7. The molecule has 0 atom stereocenters. The first-order chi connectivity index (χ1) is 8.33. The lowest BCUT2D eigenvalue weighted by molar-refractivity contribution is 0.205. The molecule has 0 aliphatic carbocycles. The standard InChI is InChI=1S/C13H17ClN2O/c1-17-10-9-16(8-4-7-15)13-6-3-2-5-12(13)11-14/h2-3,5-6H,4,8-11H2,1H3. The summed E-state index contributed by atoms with van der Waals surface area (Å²) in [5, 5.41) is 8.68. The van der Waals surface area contributed by atoms with Crippen molar-refractivity contribution in [3.05, 3.63) is 29.8 Å². The second-order valence-electron chi connectivity index (χ2n) is 3.65. The molecule has 1 aromatic carbocycles. The minimum atomic E-state index is 0.478. The smallest absolute Gasteiger partial charge is 0.0640 e. The highest BCUT2D eigenvalue weighted by Gasteiger charge is 2.09. The van der Waals surface area contributed by atoms with Crippen LogP contribution in [0.15, 0.2) is 24.3 Å². The third kappa shape index (κ3) is 4.26. The van der Waals surface area contributed by atoms with Crippen LogP contribution in [0.25, 0.3) is 0 Å². The van der Waals surface area contributed by atoms with E-state index in [-0.39, 0.29) is 0 Å². The van der Waals surface area contributed by atoms with Crippen LogP contribution in [0.4, 0.5) is 5.69 Å². The monoisotopic (exact) mass is 252 g/mol. The summed E-state index contributed by atoms with van der Waals surface area (Å²) < 4.78 is 5.09. The third-order valence-corrected chi connectivity index (χ3v) is 2.82. The van der Waals surface area contributed by atoms with Gasteiger partial charge in [0.1, 0.15) is 0 Å². The number of anilines is 1. The van der Waals surface area contributed by atoms with E-state index < -0.39 is 0 Å². The molecule has 0 amide bonds. The number of methoxy groups -OCH3 is 1. The minimum Gasteiger partial charge on any atom is -0.383 e. The number of benzene rings is 1. The fourth-order valence-electron chi connectivity index (χ4n) is 1.67. The molecule has 0 fully saturated rings. The first kappa shape index (κ1) is 13.8. The molecule has 0 spiro atoms. The van der Waals surface area contributed by atoms with Gasteiger partial charge in [0.15, 0.2) is 0 Å². The van der Waals surface area contributed by atoms with Crippen LogP contribution in [0.1, 0.15) is 12.0 Å². The molecule has 92 valence electrons. The summed E-state index contributed by atoms with van der Waals surface area (Å²) in [6, 6.07) is 10.2. The maximum atomic E-state index is 8.68. The Morgan fingerprint density at radius 3 is 2.76 bits per heavy atom. The van der Waals surface area contributed by atoms with Gasteiger partial charge in [0.25, 0.3) is 0 Å². The van der Waals surface area contributed by atoms with E-state index >= 15 is 0 Å². The zero-order valence-electron chi connectivity index (χ0n) is 10.0. The Balaban J connectivity index is 2.83. The average Bonchev–Trinajstić information content (AvgIpc) is 2.39. The van der Waals surface area contributed by atoms with Crippen LogP contribution >= 0.6 is 11.6 Å². The van der Waals surface area contributed by atoms with E-state index in [1.165, 1.54) is 0 Å². The Morgan fingerprint density at radius 1 is 1.35 bits per heavy atom. The normalized spacial score (nSPS) is 9.94. The van der Waals surface area contributed by atoms with Gasteiger partial charge >= 0.3 is 0 Å². The van der Waals surface area contributed by atoms with Crippen molar-refractivity contribution in [1.29, 1.82) is 5.26 Å². The summed E-state index contributed by atoms with van der Waals surface area (Å²) in [6.45, 7) is 2.11. The molecule has 0 aliphatic heterocycles. The topological polar surface area (TPSA) is 36.3 Å². The molecule has 0 bridgehead atoms. The van der Waals surface area contributed by atoms with E-state index in [0.717, 1.165) is 17.8 Å². The van der Waals surface area contributed by atoms with Gasteiger partial charge in [-0.1, -0.05) is 18.2 Å². The molecule has 0 saturated carbocycles. The molecule has 17 heavy (non-hydrogen) atoms. The Labute approximate surface area is 108 Å². The van der Waals surface area contributed by atoms with Crippen molar-refractivity contribution in [2.45, 2.75) is 12.3 Å². The number of nitriles is 1. The van der Waals surface area contributed by atoms with Crippen molar-refractivity contribution in [2.75, 3.05) is 31.7 Å². The minimum absolute atomic E-state index is 0.478. The summed E-state index contributed by atoms with van der Waals surface area (Å²) in [5.41, 5.74) is 2.18. The van der Waals surface area contributed by atoms with E-state index in [2.05, 4.69) is 11.0 Å². The number of para-hydroxylation sites is 1. The number of hydrogen-bond donors (Lipinski definition) is 0. The van der Waals surface area contributed by atoms with Gasteiger partial charge in [-0.25, -0.2) is 0 Å². The lowest BCUT2D eigenvalue weighted by Crippen LogP contribution is -2.29. The van der Waals surface area contributed by atoms with Crippen LogP contribution in [-0.4, -0.2) is 26.8 Å². The van der Waals surface area contributed by atoms with E-state index in [9.17, 15) is 0 Å². The summed E-state index contributed by atoms with van der Waals surface area (Å²) in [6.07, 6.45) is 0.500. The second-order valence-corrected chi connectivity index (χ2v) is 3.92. The molecule has 0 radical (unpaired) electrons. The number of nitrogens with zero attached hydrogens (tertiary/aromatic N) is 2. The molecule has 3 nitrogen and oxygen atoms in total. The van der Waals surface area contributed by atoms with Crippen molar-refractivity contribution in [3.63, 3.8) is 0 Å². The highest BCUT2D eigenvalue weighted by molar-refractivity contribution is 6.17. The van der Waals surface area contributed by atoms with Crippen molar-refractivity contribution >= 4 is 17.3 Å². The van der Waals surface area contributed by atoms with Crippen molar-refractivity contribution in [1.82, 2.24) is 0 Å². The van der Waals surface area contributed by atoms with Gasteiger partial charge in [-0.3, -0.25) is 0 Å². The van der Waals surface area contributed by atoms with Crippen LogP contribution in [0.2, 0.25) is 0 Å². The van der Waals surface area contributed by atoms with E-state index in [0.29, 0.717) is 25.5 Å². The quantitative estimate of drug-likeness (QED) is 0.700. The Kier molecular flexibility index (Phi) is 6.46. The molecule has 0 aromatic heterocycles. The van der Waals surface area contributed by atoms with Crippen LogP contribution in [0, 0.1) is 11.3 Å². The van der Waals surface area contributed by atoms with Gasteiger partial charge in [-0.2, -0.15) is 5.26 Å². The predicted molar refractivity (Wildman–Crippen MR) is 70.3 cm³/mol. The molecule has 1 aromatic rings. The molecular formula is C13H17ClN2O. The Morgan fingerprint density at radius 2 is 2.12 bits per heavy atom. The highest BCUT2D eigenvalue weighted by atomic mass is 35.5. The van der Waals surface area contributed by atoms with Crippen molar-refractivity contribution in [3.8, 4) is 6.07 Å². The largest absolute Gasteiger partial charge is 0.383 e. The Bertz CT molecular complexity index is 376. The van der Waals surface area contributed by atoms with Crippen molar-refractivity contribution in [2.24, 2.45) is 0 Å². The van der Waals surface area contributed by atoms with E-state index in [1.807, 2.05) is 24.3 Å². The number of alkyl halides is 1. The fourth-order valence-corrected chi connectivity index (χ4v) is 1.90. The second kappa shape index (κ2) is 7.94. The highest BCUT2D eigenvalue weighted by Crippen LogP contribution is 2.22. The lowest BCUT2D eigenvalue weighted by Gasteiger charge is -2.25. The number of ether oxygens (including phenoxy) is 1. The Hall–Kier alpha value is -1.24. The zero-order valence-corrected chi connectivity index (χ0v) is 10.8. The molecule has 1 rings (SSSR count). The maximum Gasteiger partial charge on any atom is 0.0640 e. The fraction of sp³-hybridized carbons (Fsp3) is 0.462. The molecule has 4 heteroatoms. The summed E-state index contributed by atoms with van der Waals surface area (Å²) in [5.74, 6) is 0.478. The average molecular weight is 253 g/mol. The first-order valence-corrected chi connectivity index (χ1v) is 6.11. The third-order valence-electron chi connectivity index (χ3n) is 2.54. The van der Waals surface area contributed by atoms with Gasteiger partial charge in [0.2, 0.25) is 0 Å². The lowest BCUT2D eigenvalue weighted by atomic mass is 10.1. The van der Waals surface area contributed by atoms with E-state index in [4.69, 9.17) is 21.6 Å². The summed E-state index contributed by atoms with van der Waals surface area (Å²) in [7, 11) is 1.68. The molecule has 0 aliphatic rings. The predicted octanol–water partition coefficient (Wildman–Crippen LogP) is 2.79. The molecule has 0 heterocycles. The van der Waals surface area contributed by atoms with Gasteiger partial charge in [-0.15, -0.1) is 11.6 Å². The van der Waals surface area contributed by atoms with E-state index in [1.54, 1.807) is 7.11 Å². The van der Waals surface area contributed by atoms with Crippen molar-refractivity contribution < 1.29 is 4.74 Å². The number of halogens is 1. The first-order valence-electron chi connectivity index (χ1n) is 5.58. The van der Waals surface area contributed by atoms with Gasteiger partial charge < -0.3 is 9.64 Å². The van der Waals surface area contributed by atoms with Gasteiger partial charge in [0.05, 0.1) is 19.1 Å².